The van der Waals surface area contributed by atoms with Crippen LogP contribution in [0.25, 0.3) is 22.3 Å². The molecular formula is C20H22N6. The zero-order valence-corrected chi connectivity index (χ0v) is 14.7. The fraction of sp³-hybridized carbons (Fsp3) is 0.300. The molecule has 0 aliphatic carbocycles. The molecule has 4 rings (SSSR count). The molecule has 3 aromatic rings. The standard InChI is InChI=1S/C20H22N6/c21-19-15-9-3-5-11-17(15)22-20(23-19)16-10-4-6-12-18(16)24-25-26-13-7-1-2-8-14-26/h3-6,9-12H,1-2,7-8,13-14H2,(H2,21,22,23). The minimum absolute atomic E-state index is 0.477. The van der Waals surface area contributed by atoms with E-state index in [4.69, 9.17) is 5.73 Å². The molecule has 0 atom stereocenters. The average molecular weight is 346 g/mol. The van der Waals surface area contributed by atoms with Crippen LogP contribution >= 0.6 is 0 Å². The maximum Gasteiger partial charge on any atom is 0.164 e. The zero-order valence-electron chi connectivity index (χ0n) is 14.7. The van der Waals surface area contributed by atoms with Crippen molar-refractivity contribution < 1.29 is 0 Å². The molecule has 2 heterocycles. The summed E-state index contributed by atoms with van der Waals surface area (Å²) in [6, 6.07) is 15.6. The second kappa shape index (κ2) is 7.47. The van der Waals surface area contributed by atoms with Gasteiger partial charge in [0.25, 0.3) is 0 Å². The van der Waals surface area contributed by atoms with Gasteiger partial charge in [0.2, 0.25) is 0 Å². The number of hydrogen-bond donors (Lipinski definition) is 1. The lowest BCUT2D eigenvalue weighted by atomic mass is 10.1. The van der Waals surface area contributed by atoms with Crippen molar-refractivity contribution in [1.82, 2.24) is 15.0 Å². The van der Waals surface area contributed by atoms with Gasteiger partial charge in [-0.3, -0.25) is 5.01 Å². The van der Waals surface area contributed by atoms with Crippen LogP contribution < -0.4 is 5.73 Å². The number of aromatic nitrogens is 2. The summed E-state index contributed by atoms with van der Waals surface area (Å²) in [4.78, 5) is 9.16. The first-order valence-corrected chi connectivity index (χ1v) is 9.09. The molecule has 0 saturated carbocycles. The molecule has 6 heteroatoms. The van der Waals surface area contributed by atoms with Gasteiger partial charge in [-0.15, -0.1) is 5.11 Å². The molecule has 0 amide bonds. The first kappa shape index (κ1) is 16.4. The second-order valence-electron chi connectivity index (χ2n) is 6.52. The van der Waals surface area contributed by atoms with Crippen LogP contribution in [0.2, 0.25) is 0 Å². The molecule has 2 aromatic carbocycles. The Bertz CT molecular complexity index is 928. The summed E-state index contributed by atoms with van der Waals surface area (Å²) in [6.07, 6.45) is 4.88. The Morgan fingerprint density at radius 2 is 1.58 bits per heavy atom. The predicted octanol–water partition coefficient (Wildman–Crippen LogP) is 4.75. The molecule has 1 aliphatic heterocycles. The highest BCUT2D eigenvalue weighted by molar-refractivity contribution is 5.90. The van der Waals surface area contributed by atoms with Crippen LogP contribution in [-0.4, -0.2) is 28.1 Å². The topological polar surface area (TPSA) is 79.8 Å². The molecule has 0 spiro atoms. The number of rotatable bonds is 3. The highest BCUT2D eigenvalue weighted by atomic mass is 15.5. The maximum absolute atomic E-state index is 6.14. The zero-order chi connectivity index (χ0) is 17.8. The molecule has 1 aliphatic rings. The summed E-state index contributed by atoms with van der Waals surface area (Å²) < 4.78 is 0. The molecule has 1 aromatic heterocycles. The van der Waals surface area contributed by atoms with Gasteiger partial charge in [0.05, 0.1) is 11.2 Å². The van der Waals surface area contributed by atoms with E-state index in [1.165, 1.54) is 25.7 Å². The fourth-order valence-electron chi connectivity index (χ4n) is 3.23. The minimum Gasteiger partial charge on any atom is -0.383 e. The number of nitrogen functional groups attached to an aromatic ring is 1. The summed E-state index contributed by atoms with van der Waals surface area (Å²) in [7, 11) is 0. The van der Waals surface area contributed by atoms with Crippen LogP contribution in [-0.2, 0) is 0 Å². The number of fused-ring (bicyclic) bond motifs is 1. The molecule has 1 fully saturated rings. The van der Waals surface area contributed by atoms with Crippen molar-refractivity contribution in [3.05, 3.63) is 48.5 Å². The molecule has 6 nitrogen and oxygen atoms in total. The van der Waals surface area contributed by atoms with Gasteiger partial charge in [-0.25, -0.2) is 9.97 Å². The van der Waals surface area contributed by atoms with Gasteiger partial charge in [-0.2, -0.15) is 0 Å². The Kier molecular flexibility index (Phi) is 4.73. The van der Waals surface area contributed by atoms with E-state index >= 15 is 0 Å². The molecular weight excluding hydrogens is 324 g/mol. The van der Waals surface area contributed by atoms with Crippen LogP contribution in [0.4, 0.5) is 11.5 Å². The van der Waals surface area contributed by atoms with Crippen molar-refractivity contribution in [2.45, 2.75) is 25.7 Å². The number of benzene rings is 2. The highest BCUT2D eigenvalue weighted by Crippen LogP contribution is 2.30. The van der Waals surface area contributed by atoms with Gasteiger partial charge in [-0.1, -0.05) is 42.3 Å². The van der Waals surface area contributed by atoms with Crippen molar-refractivity contribution in [3.8, 4) is 11.4 Å². The summed E-state index contributed by atoms with van der Waals surface area (Å²) in [5, 5.41) is 11.9. The van der Waals surface area contributed by atoms with Crippen molar-refractivity contribution in [2.75, 3.05) is 18.8 Å². The third-order valence-corrected chi connectivity index (χ3v) is 4.64. The van der Waals surface area contributed by atoms with Crippen molar-refractivity contribution in [3.63, 3.8) is 0 Å². The van der Waals surface area contributed by atoms with E-state index in [0.717, 1.165) is 35.2 Å². The van der Waals surface area contributed by atoms with E-state index in [1.54, 1.807) is 0 Å². The lowest BCUT2D eigenvalue weighted by Crippen LogP contribution is -2.17. The van der Waals surface area contributed by atoms with Crippen LogP contribution in [0.5, 0.6) is 0 Å². The average Bonchev–Trinajstić information content (AvgIpc) is 2.95. The molecule has 26 heavy (non-hydrogen) atoms. The Labute approximate surface area is 152 Å². The van der Waals surface area contributed by atoms with Crippen LogP contribution in [0.3, 0.4) is 0 Å². The van der Waals surface area contributed by atoms with Gasteiger partial charge in [0.1, 0.15) is 5.82 Å². The Morgan fingerprint density at radius 1 is 0.846 bits per heavy atom. The van der Waals surface area contributed by atoms with E-state index < -0.39 is 0 Å². The van der Waals surface area contributed by atoms with E-state index in [1.807, 2.05) is 48.5 Å². The monoisotopic (exact) mass is 346 g/mol. The van der Waals surface area contributed by atoms with Gasteiger partial charge < -0.3 is 5.73 Å². The summed E-state index contributed by atoms with van der Waals surface area (Å²) in [5.41, 5.74) is 8.56. The SMILES string of the molecule is Nc1nc(-c2ccccc2N=NN2CCCCCC2)nc2ccccc12. The van der Waals surface area contributed by atoms with Gasteiger partial charge in [-0.05, 0) is 37.1 Å². The lowest BCUT2D eigenvalue weighted by Gasteiger charge is -2.14. The largest absolute Gasteiger partial charge is 0.383 e. The van der Waals surface area contributed by atoms with Gasteiger partial charge in [0.15, 0.2) is 5.82 Å². The second-order valence-corrected chi connectivity index (χ2v) is 6.52. The normalized spacial score (nSPS) is 15.5. The third-order valence-electron chi connectivity index (χ3n) is 4.64. The number of anilines is 1. The predicted molar refractivity (Wildman–Crippen MR) is 104 cm³/mol. The van der Waals surface area contributed by atoms with Crippen LogP contribution in [0, 0.1) is 0 Å². The Morgan fingerprint density at radius 3 is 2.42 bits per heavy atom. The van der Waals surface area contributed by atoms with E-state index in [0.29, 0.717) is 11.6 Å². The number of nitrogens with zero attached hydrogens (tertiary/aromatic N) is 5. The fourth-order valence-corrected chi connectivity index (χ4v) is 3.23. The maximum atomic E-state index is 6.14. The van der Waals surface area contributed by atoms with E-state index in [9.17, 15) is 0 Å². The van der Waals surface area contributed by atoms with E-state index in [-0.39, 0.29) is 0 Å². The first-order valence-electron chi connectivity index (χ1n) is 9.09. The molecule has 2 N–H and O–H groups in total. The molecule has 132 valence electrons. The summed E-state index contributed by atoms with van der Waals surface area (Å²) in [6.45, 7) is 1.93. The van der Waals surface area contributed by atoms with Crippen molar-refractivity contribution in [2.24, 2.45) is 10.3 Å². The molecule has 1 saturated heterocycles. The van der Waals surface area contributed by atoms with Gasteiger partial charge >= 0.3 is 0 Å². The first-order chi connectivity index (χ1) is 12.8. The summed E-state index contributed by atoms with van der Waals surface area (Å²) >= 11 is 0. The quantitative estimate of drug-likeness (QED) is 0.694. The molecule has 0 bridgehead atoms. The Hall–Kier alpha value is -3.02. The Balaban J connectivity index is 1.69. The van der Waals surface area contributed by atoms with Crippen LogP contribution in [0.15, 0.2) is 58.9 Å². The lowest BCUT2D eigenvalue weighted by molar-refractivity contribution is 0.281. The van der Waals surface area contributed by atoms with Crippen LogP contribution in [0.1, 0.15) is 25.7 Å². The van der Waals surface area contributed by atoms with Crippen molar-refractivity contribution in [1.29, 1.82) is 0 Å². The smallest absolute Gasteiger partial charge is 0.164 e. The molecule has 0 unspecified atom stereocenters. The highest BCUT2D eigenvalue weighted by Gasteiger charge is 2.12. The third kappa shape index (κ3) is 3.49. The van der Waals surface area contributed by atoms with Gasteiger partial charge in [0, 0.05) is 24.0 Å². The van der Waals surface area contributed by atoms with Crippen molar-refractivity contribution >= 4 is 22.4 Å². The number of hydrogen-bond acceptors (Lipinski definition) is 5. The minimum atomic E-state index is 0.477. The number of para-hydroxylation sites is 1. The summed E-state index contributed by atoms with van der Waals surface area (Å²) in [5.74, 6) is 1.05. The number of nitrogens with two attached hydrogens (primary N) is 1. The molecule has 0 radical (unpaired) electrons. The van der Waals surface area contributed by atoms with E-state index in [2.05, 4.69) is 25.3 Å².